The minimum Gasteiger partial charge on any atom is -0.348 e. The fraction of sp³-hybridized carbons (Fsp3) is 0.294. The van der Waals surface area contributed by atoms with Gasteiger partial charge in [-0.3, -0.25) is 9.78 Å². The van der Waals surface area contributed by atoms with E-state index in [1.54, 1.807) is 12.4 Å². The maximum absolute atomic E-state index is 12.3. The monoisotopic (exact) mass is 268 g/mol. The summed E-state index contributed by atoms with van der Waals surface area (Å²) in [5.41, 5.74) is 3.93. The third-order valence-electron chi connectivity index (χ3n) is 3.35. The topological polar surface area (TPSA) is 42.0 Å². The van der Waals surface area contributed by atoms with E-state index in [-0.39, 0.29) is 5.91 Å². The van der Waals surface area contributed by atoms with Gasteiger partial charge in [0, 0.05) is 24.5 Å². The number of nitrogens with one attached hydrogen (secondary N) is 1. The van der Waals surface area contributed by atoms with Gasteiger partial charge in [-0.15, -0.1) is 0 Å². The highest BCUT2D eigenvalue weighted by Crippen LogP contribution is 2.18. The molecule has 0 saturated carbocycles. The van der Waals surface area contributed by atoms with Gasteiger partial charge in [0.15, 0.2) is 0 Å². The Morgan fingerprint density at radius 1 is 1.30 bits per heavy atom. The molecule has 1 aromatic heterocycles. The Balaban J connectivity index is 2.11. The van der Waals surface area contributed by atoms with Crippen LogP contribution in [0, 0.1) is 6.92 Å². The lowest BCUT2D eigenvalue weighted by Crippen LogP contribution is -2.23. The predicted octanol–water partition coefficient (Wildman–Crippen LogP) is 3.44. The lowest BCUT2D eigenvalue weighted by molar-refractivity contribution is 0.0950. The van der Waals surface area contributed by atoms with Crippen molar-refractivity contribution in [2.45, 2.75) is 33.2 Å². The zero-order valence-electron chi connectivity index (χ0n) is 12.2. The first kappa shape index (κ1) is 14.3. The van der Waals surface area contributed by atoms with E-state index < -0.39 is 0 Å². The summed E-state index contributed by atoms with van der Waals surface area (Å²) in [6.45, 7) is 6.71. The SMILES string of the molecule is Cc1ccc(C(C)C)cc1C(=O)NCc1cccnc1. The molecule has 20 heavy (non-hydrogen) atoms. The molecule has 3 nitrogen and oxygen atoms in total. The van der Waals surface area contributed by atoms with Crippen molar-refractivity contribution in [3.8, 4) is 0 Å². The van der Waals surface area contributed by atoms with Crippen LogP contribution in [0.2, 0.25) is 0 Å². The van der Waals surface area contributed by atoms with Crippen LogP contribution >= 0.6 is 0 Å². The Kier molecular flexibility index (Phi) is 4.51. The highest BCUT2D eigenvalue weighted by atomic mass is 16.1. The number of carbonyl (C=O) groups is 1. The molecule has 2 rings (SSSR count). The number of benzene rings is 1. The number of nitrogens with zero attached hydrogens (tertiary/aromatic N) is 1. The van der Waals surface area contributed by atoms with Gasteiger partial charge in [0.2, 0.25) is 0 Å². The summed E-state index contributed by atoms with van der Waals surface area (Å²) in [7, 11) is 0. The maximum Gasteiger partial charge on any atom is 0.251 e. The smallest absolute Gasteiger partial charge is 0.251 e. The van der Waals surface area contributed by atoms with Crippen molar-refractivity contribution in [3.63, 3.8) is 0 Å². The largest absolute Gasteiger partial charge is 0.348 e. The molecule has 0 saturated heterocycles. The van der Waals surface area contributed by atoms with Crippen molar-refractivity contribution in [2.75, 3.05) is 0 Å². The van der Waals surface area contributed by atoms with E-state index in [1.165, 1.54) is 5.56 Å². The average molecular weight is 268 g/mol. The zero-order valence-corrected chi connectivity index (χ0v) is 12.2. The molecule has 0 aliphatic carbocycles. The number of carbonyl (C=O) groups excluding carboxylic acids is 1. The van der Waals surface area contributed by atoms with Crippen LogP contribution in [0.1, 0.15) is 46.8 Å². The Morgan fingerprint density at radius 2 is 2.10 bits per heavy atom. The normalized spacial score (nSPS) is 10.6. The number of pyridine rings is 1. The second-order valence-corrected chi connectivity index (χ2v) is 5.27. The van der Waals surface area contributed by atoms with E-state index in [9.17, 15) is 4.79 Å². The average Bonchev–Trinajstić information content (AvgIpc) is 2.46. The first-order chi connectivity index (χ1) is 9.58. The van der Waals surface area contributed by atoms with Crippen molar-refractivity contribution in [1.82, 2.24) is 10.3 Å². The number of amides is 1. The molecule has 0 unspecified atom stereocenters. The molecule has 1 N–H and O–H groups in total. The Bertz CT molecular complexity index is 591. The van der Waals surface area contributed by atoms with Gasteiger partial charge in [-0.1, -0.05) is 32.0 Å². The summed E-state index contributed by atoms with van der Waals surface area (Å²) < 4.78 is 0. The van der Waals surface area contributed by atoms with Crippen LogP contribution in [0.25, 0.3) is 0 Å². The van der Waals surface area contributed by atoms with Crippen LogP contribution in [0.15, 0.2) is 42.7 Å². The minimum absolute atomic E-state index is 0.0335. The molecule has 0 aliphatic heterocycles. The van der Waals surface area contributed by atoms with Crippen molar-refractivity contribution < 1.29 is 4.79 Å². The highest BCUT2D eigenvalue weighted by Gasteiger charge is 2.11. The van der Waals surface area contributed by atoms with Crippen LogP contribution < -0.4 is 5.32 Å². The lowest BCUT2D eigenvalue weighted by atomic mass is 9.97. The second kappa shape index (κ2) is 6.33. The van der Waals surface area contributed by atoms with Crippen molar-refractivity contribution >= 4 is 5.91 Å². The van der Waals surface area contributed by atoms with E-state index in [4.69, 9.17) is 0 Å². The van der Waals surface area contributed by atoms with Gasteiger partial charge in [0.1, 0.15) is 0 Å². The molecule has 0 bridgehead atoms. The molecule has 0 fully saturated rings. The molecule has 0 aliphatic rings. The predicted molar refractivity (Wildman–Crippen MR) is 80.7 cm³/mol. The van der Waals surface area contributed by atoms with Crippen LogP contribution in [0.3, 0.4) is 0 Å². The number of hydrogen-bond acceptors (Lipinski definition) is 2. The first-order valence-corrected chi connectivity index (χ1v) is 6.85. The van der Waals surface area contributed by atoms with Gasteiger partial charge in [0.05, 0.1) is 0 Å². The third kappa shape index (κ3) is 3.44. The van der Waals surface area contributed by atoms with Gasteiger partial charge < -0.3 is 5.32 Å². The molecule has 1 heterocycles. The number of aromatic nitrogens is 1. The third-order valence-corrected chi connectivity index (χ3v) is 3.35. The molecule has 0 radical (unpaired) electrons. The van der Waals surface area contributed by atoms with Crippen molar-refractivity contribution in [1.29, 1.82) is 0 Å². The molecule has 104 valence electrons. The second-order valence-electron chi connectivity index (χ2n) is 5.27. The van der Waals surface area contributed by atoms with Crippen LogP contribution in [0.5, 0.6) is 0 Å². The summed E-state index contributed by atoms with van der Waals surface area (Å²) in [6.07, 6.45) is 3.49. The van der Waals surface area contributed by atoms with Crippen molar-refractivity contribution in [2.24, 2.45) is 0 Å². The van der Waals surface area contributed by atoms with Crippen LogP contribution in [-0.4, -0.2) is 10.9 Å². The Labute approximate surface area is 120 Å². The molecule has 0 atom stereocenters. The van der Waals surface area contributed by atoms with E-state index >= 15 is 0 Å². The van der Waals surface area contributed by atoms with E-state index in [1.807, 2.05) is 31.2 Å². The van der Waals surface area contributed by atoms with E-state index in [0.29, 0.717) is 12.5 Å². The van der Waals surface area contributed by atoms with Gasteiger partial charge in [-0.25, -0.2) is 0 Å². The van der Waals surface area contributed by atoms with E-state index in [0.717, 1.165) is 16.7 Å². The van der Waals surface area contributed by atoms with E-state index in [2.05, 4.69) is 30.2 Å². The minimum atomic E-state index is -0.0335. The van der Waals surface area contributed by atoms with Gasteiger partial charge in [0.25, 0.3) is 5.91 Å². The fourth-order valence-electron chi connectivity index (χ4n) is 2.02. The van der Waals surface area contributed by atoms with Crippen LogP contribution in [0.4, 0.5) is 0 Å². The summed E-state index contributed by atoms with van der Waals surface area (Å²) in [6, 6.07) is 9.89. The molecule has 3 heteroatoms. The molecule has 0 spiro atoms. The molecule has 2 aromatic rings. The molecular weight excluding hydrogens is 248 g/mol. The molecule has 1 amide bonds. The summed E-state index contributed by atoms with van der Waals surface area (Å²) in [5.74, 6) is 0.384. The number of hydrogen-bond donors (Lipinski definition) is 1. The lowest BCUT2D eigenvalue weighted by Gasteiger charge is -2.11. The Hall–Kier alpha value is -2.16. The van der Waals surface area contributed by atoms with Crippen LogP contribution in [-0.2, 0) is 6.54 Å². The first-order valence-electron chi connectivity index (χ1n) is 6.85. The fourth-order valence-corrected chi connectivity index (χ4v) is 2.02. The molecular formula is C17H20N2O. The highest BCUT2D eigenvalue weighted by molar-refractivity contribution is 5.95. The Morgan fingerprint density at radius 3 is 2.75 bits per heavy atom. The summed E-state index contributed by atoms with van der Waals surface area (Å²) >= 11 is 0. The summed E-state index contributed by atoms with van der Waals surface area (Å²) in [5, 5.41) is 2.94. The molecule has 1 aromatic carbocycles. The number of aryl methyl sites for hydroxylation is 1. The zero-order chi connectivity index (χ0) is 14.5. The van der Waals surface area contributed by atoms with Crippen molar-refractivity contribution in [3.05, 3.63) is 65.0 Å². The number of rotatable bonds is 4. The van der Waals surface area contributed by atoms with Gasteiger partial charge in [-0.05, 0) is 41.7 Å². The van der Waals surface area contributed by atoms with Gasteiger partial charge >= 0.3 is 0 Å². The van der Waals surface area contributed by atoms with Gasteiger partial charge in [-0.2, -0.15) is 0 Å². The maximum atomic E-state index is 12.3. The summed E-state index contributed by atoms with van der Waals surface area (Å²) in [4.78, 5) is 16.3. The standard InChI is InChI=1S/C17H20N2O/c1-12(2)15-7-6-13(3)16(9-15)17(20)19-11-14-5-4-8-18-10-14/h4-10,12H,11H2,1-3H3,(H,19,20). The quantitative estimate of drug-likeness (QED) is 0.923.